The summed E-state index contributed by atoms with van der Waals surface area (Å²) in [5, 5.41) is 7.59. The number of nitrogens with zero attached hydrogens (tertiary/aromatic N) is 5. The van der Waals surface area contributed by atoms with Crippen LogP contribution in [-0.4, -0.2) is 45.9 Å². The lowest BCUT2D eigenvalue weighted by Crippen LogP contribution is -2.30. The highest BCUT2D eigenvalue weighted by atomic mass is 15.3. The van der Waals surface area contributed by atoms with Gasteiger partial charge in [0.25, 0.3) is 0 Å². The zero-order chi connectivity index (χ0) is 14.8. The number of nitrogens with two attached hydrogens (primary N) is 1. The topological polar surface area (TPSA) is 84.9 Å². The second-order valence-corrected chi connectivity index (χ2v) is 5.27. The normalized spacial score (nSPS) is 18.4. The number of hydrogen-bond donors (Lipinski definition) is 2. The van der Waals surface area contributed by atoms with Gasteiger partial charge in [-0.25, -0.2) is 4.98 Å². The van der Waals surface area contributed by atoms with E-state index < -0.39 is 0 Å². The highest BCUT2D eigenvalue weighted by Gasteiger charge is 2.23. The van der Waals surface area contributed by atoms with Crippen molar-refractivity contribution in [3.63, 3.8) is 0 Å². The van der Waals surface area contributed by atoms with Crippen LogP contribution in [0.4, 0.5) is 11.8 Å². The summed E-state index contributed by atoms with van der Waals surface area (Å²) in [6.07, 6.45) is 4.91. The van der Waals surface area contributed by atoms with Crippen LogP contribution in [0.2, 0.25) is 0 Å². The largest absolute Gasteiger partial charge is 0.368 e. The molecule has 7 nitrogen and oxygen atoms in total. The number of aromatic nitrogens is 4. The third-order valence-electron chi connectivity index (χ3n) is 3.90. The van der Waals surface area contributed by atoms with Crippen LogP contribution in [-0.2, 0) is 6.54 Å². The summed E-state index contributed by atoms with van der Waals surface area (Å²) in [5.74, 6) is 1.19. The molecule has 7 heteroatoms. The van der Waals surface area contributed by atoms with Crippen molar-refractivity contribution in [2.45, 2.75) is 25.9 Å². The molecule has 2 aromatic rings. The molecular formula is C14H21N7. The van der Waals surface area contributed by atoms with Crippen LogP contribution in [0, 0.1) is 0 Å². The van der Waals surface area contributed by atoms with E-state index >= 15 is 0 Å². The minimum Gasteiger partial charge on any atom is -0.368 e. The van der Waals surface area contributed by atoms with Gasteiger partial charge < -0.3 is 16.0 Å². The van der Waals surface area contributed by atoms with Gasteiger partial charge in [0.05, 0.1) is 11.9 Å². The number of aryl methyl sites for hydroxylation is 1. The molecule has 0 aromatic carbocycles. The fourth-order valence-corrected chi connectivity index (χ4v) is 2.64. The van der Waals surface area contributed by atoms with E-state index in [2.05, 4.69) is 32.2 Å². The van der Waals surface area contributed by atoms with Crippen molar-refractivity contribution in [2.75, 3.05) is 30.8 Å². The number of nitrogen functional groups attached to an aromatic ring is 1. The van der Waals surface area contributed by atoms with Crippen LogP contribution in [0.15, 0.2) is 18.5 Å². The Morgan fingerprint density at radius 3 is 2.95 bits per heavy atom. The molecule has 0 amide bonds. The number of nitrogens with one attached hydrogen (secondary N) is 1. The molecule has 2 aromatic heterocycles. The molecule has 112 valence electrons. The fraction of sp³-hybridized carbons (Fsp3) is 0.500. The van der Waals surface area contributed by atoms with E-state index in [-0.39, 0.29) is 0 Å². The molecule has 1 saturated heterocycles. The first kappa shape index (κ1) is 13.8. The van der Waals surface area contributed by atoms with Gasteiger partial charge in [0.2, 0.25) is 5.95 Å². The smallest absolute Gasteiger partial charge is 0.222 e. The Labute approximate surface area is 124 Å². The molecule has 0 saturated carbocycles. The second-order valence-electron chi connectivity index (χ2n) is 5.27. The van der Waals surface area contributed by atoms with Gasteiger partial charge in [0.1, 0.15) is 5.82 Å². The maximum Gasteiger partial charge on any atom is 0.222 e. The van der Waals surface area contributed by atoms with Crippen LogP contribution in [0.1, 0.15) is 13.3 Å². The number of rotatable bonds is 4. The molecule has 1 aliphatic heterocycles. The van der Waals surface area contributed by atoms with Crippen LogP contribution in [0.5, 0.6) is 0 Å². The lowest BCUT2D eigenvalue weighted by atomic mass is 10.2. The van der Waals surface area contributed by atoms with Crippen molar-refractivity contribution < 1.29 is 0 Å². The Bertz CT molecular complexity index is 622. The van der Waals surface area contributed by atoms with Crippen molar-refractivity contribution >= 4 is 11.8 Å². The minimum atomic E-state index is 0.305. The number of hydrogen-bond acceptors (Lipinski definition) is 6. The third-order valence-corrected chi connectivity index (χ3v) is 3.90. The van der Waals surface area contributed by atoms with Crippen molar-refractivity contribution in [2.24, 2.45) is 0 Å². The Morgan fingerprint density at radius 1 is 1.43 bits per heavy atom. The first-order valence-corrected chi connectivity index (χ1v) is 7.29. The molecule has 1 atom stereocenters. The van der Waals surface area contributed by atoms with E-state index in [0.29, 0.717) is 12.0 Å². The Balaban J connectivity index is 1.89. The lowest BCUT2D eigenvalue weighted by Gasteiger charge is -2.18. The molecule has 0 radical (unpaired) electrons. The summed E-state index contributed by atoms with van der Waals surface area (Å²) in [6.45, 7) is 4.82. The first-order chi connectivity index (χ1) is 10.2. The zero-order valence-corrected chi connectivity index (χ0v) is 12.5. The lowest BCUT2D eigenvalue weighted by molar-refractivity contribution is 0.616. The van der Waals surface area contributed by atoms with Gasteiger partial charge in [-0.3, -0.25) is 4.68 Å². The third kappa shape index (κ3) is 2.82. The van der Waals surface area contributed by atoms with Gasteiger partial charge in [-0.1, -0.05) is 0 Å². The molecule has 3 rings (SSSR count). The van der Waals surface area contributed by atoms with E-state index in [1.807, 2.05) is 30.2 Å². The van der Waals surface area contributed by atoms with Crippen LogP contribution in [0.3, 0.4) is 0 Å². The van der Waals surface area contributed by atoms with Crippen molar-refractivity contribution in [3.8, 4) is 11.3 Å². The van der Waals surface area contributed by atoms with E-state index in [1.54, 1.807) is 0 Å². The van der Waals surface area contributed by atoms with Crippen molar-refractivity contribution in [1.29, 1.82) is 0 Å². The molecule has 3 heterocycles. The quantitative estimate of drug-likeness (QED) is 0.863. The van der Waals surface area contributed by atoms with Gasteiger partial charge in [0, 0.05) is 43.5 Å². The highest BCUT2D eigenvalue weighted by molar-refractivity contribution is 5.63. The highest BCUT2D eigenvalue weighted by Crippen LogP contribution is 2.24. The molecule has 1 fully saturated rings. The molecule has 0 unspecified atom stereocenters. The summed E-state index contributed by atoms with van der Waals surface area (Å²) in [7, 11) is 1.99. The van der Waals surface area contributed by atoms with Gasteiger partial charge >= 0.3 is 0 Å². The molecule has 0 spiro atoms. The predicted molar refractivity (Wildman–Crippen MR) is 83.0 cm³/mol. The Kier molecular flexibility index (Phi) is 3.74. The molecule has 0 bridgehead atoms. The second kappa shape index (κ2) is 5.69. The van der Waals surface area contributed by atoms with Gasteiger partial charge in [-0.2, -0.15) is 10.1 Å². The fourth-order valence-electron chi connectivity index (χ4n) is 2.64. The Morgan fingerprint density at radius 2 is 2.29 bits per heavy atom. The van der Waals surface area contributed by atoms with E-state index in [1.165, 1.54) is 0 Å². The van der Waals surface area contributed by atoms with E-state index in [9.17, 15) is 0 Å². The molecule has 1 aliphatic rings. The Hall–Kier alpha value is -2.15. The SMILES string of the molecule is CCn1cc(-c2cc(N3CC[C@@H](NC)C3)nc(N)n2)cn1. The monoisotopic (exact) mass is 287 g/mol. The maximum absolute atomic E-state index is 5.88. The van der Waals surface area contributed by atoms with E-state index in [0.717, 1.165) is 43.1 Å². The first-order valence-electron chi connectivity index (χ1n) is 7.29. The van der Waals surface area contributed by atoms with Crippen LogP contribution >= 0.6 is 0 Å². The summed E-state index contributed by atoms with van der Waals surface area (Å²) in [6, 6.07) is 2.50. The van der Waals surface area contributed by atoms with Gasteiger partial charge in [-0.05, 0) is 20.4 Å². The average molecular weight is 287 g/mol. The molecular weight excluding hydrogens is 266 g/mol. The van der Waals surface area contributed by atoms with Crippen molar-refractivity contribution in [1.82, 2.24) is 25.1 Å². The standard InChI is InChI=1S/C14H21N7/c1-3-21-8-10(7-17-21)12-6-13(19-14(15)18-12)20-5-4-11(9-20)16-2/h6-8,11,16H,3-5,9H2,1-2H3,(H2,15,18,19)/t11-/m1/s1. The minimum absolute atomic E-state index is 0.305. The molecule has 21 heavy (non-hydrogen) atoms. The van der Waals surface area contributed by atoms with Crippen LogP contribution in [0.25, 0.3) is 11.3 Å². The van der Waals surface area contributed by atoms with Gasteiger partial charge in [-0.15, -0.1) is 0 Å². The summed E-state index contributed by atoms with van der Waals surface area (Å²) >= 11 is 0. The zero-order valence-electron chi connectivity index (χ0n) is 12.5. The maximum atomic E-state index is 5.88. The predicted octanol–water partition coefficient (Wildman–Crippen LogP) is 0.740. The number of anilines is 2. The van der Waals surface area contributed by atoms with Crippen molar-refractivity contribution in [3.05, 3.63) is 18.5 Å². The molecule has 0 aliphatic carbocycles. The number of likely N-dealkylation sites (N-methyl/N-ethyl adjacent to an activating group) is 1. The summed E-state index contributed by atoms with van der Waals surface area (Å²) in [4.78, 5) is 11.0. The van der Waals surface area contributed by atoms with E-state index in [4.69, 9.17) is 5.73 Å². The average Bonchev–Trinajstić information content (AvgIpc) is 3.15. The summed E-state index contributed by atoms with van der Waals surface area (Å²) < 4.78 is 1.88. The van der Waals surface area contributed by atoms with Gasteiger partial charge in [0.15, 0.2) is 0 Å². The molecule has 3 N–H and O–H groups in total. The summed E-state index contributed by atoms with van der Waals surface area (Å²) in [5.41, 5.74) is 7.67. The van der Waals surface area contributed by atoms with Crippen LogP contribution < -0.4 is 16.0 Å².